The second-order valence-electron chi connectivity index (χ2n) is 39.1. The van der Waals surface area contributed by atoms with Gasteiger partial charge in [0, 0.05) is 186 Å². The minimum atomic E-state index is -3.55. The number of amides is 2. The van der Waals surface area contributed by atoms with Crippen LogP contribution in [0.15, 0.2) is 102 Å². The van der Waals surface area contributed by atoms with E-state index in [0.29, 0.717) is 197 Å². The number of aromatic amines is 2. The molecule has 18 rings (SSSR count). The van der Waals surface area contributed by atoms with Crippen molar-refractivity contribution in [3.05, 3.63) is 152 Å². The number of carbonyl (C=O) groups is 4. The summed E-state index contributed by atoms with van der Waals surface area (Å²) in [6, 6.07) is 21.5. The van der Waals surface area contributed by atoms with E-state index in [1.807, 2.05) is 117 Å². The number of para-hydroxylation sites is 2. The molecule has 20 atom stereocenters. The predicted octanol–water partition coefficient (Wildman–Crippen LogP) is 9.92. The lowest BCUT2D eigenvalue weighted by Crippen LogP contribution is -2.81. The molecule has 10 aliphatic heterocycles. The number of aliphatic hydroxyl groups is 6. The maximum absolute atomic E-state index is 15.4. The van der Waals surface area contributed by atoms with Crippen LogP contribution in [0.2, 0.25) is 0 Å². The summed E-state index contributed by atoms with van der Waals surface area (Å²) in [7, 11) is 3.28. The number of azide groups is 1. The normalized spacial score (nSPS) is 34.3. The van der Waals surface area contributed by atoms with Gasteiger partial charge in [-0.3, -0.25) is 47.9 Å². The number of hydrogen-bond acceptors (Lipinski definition) is 27. The number of aliphatic hydroxyl groups excluding tert-OH is 2. The van der Waals surface area contributed by atoms with E-state index in [9.17, 15) is 50.1 Å². The van der Waals surface area contributed by atoms with Crippen molar-refractivity contribution in [2.45, 2.75) is 213 Å². The Morgan fingerprint density at radius 1 is 0.556 bits per heavy atom. The molecule has 4 aromatic carbocycles. The van der Waals surface area contributed by atoms with Gasteiger partial charge in [0.15, 0.2) is 11.2 Å². The lowest BCUT2D eigenvalue weighted by molar-refractivity contribution is -0.203. The summed E-state index contributed by atoms with van der Waals surface area (Å²) in [6.07, 6.45) is 11.0. The highest BCUT2D eigenvalue weighted by Gasteiger charge is 2.81. The number of likely N-dealkylation sites (N-methyl/N-ethyl adjacent to an activating group) is 2. The van der Waals surface area contributed by atoms with E-state index >= 15 is 14.4 Å². The molecule has 0 radical (unpaired) electrons. The average Bonchev–Trinajstić information content (AvgIpc) is 1.49. The number of methoxy groups -OCH3 is 4. The monoisotopic (exact) mass is 1880 g/mol. The predicted molar refractivity (Wildman–Crippen MR) is 505 cm³/mol. The molecule has 35 heteroatoms. The number of fused-ring (bicyclic) bond motifs is 12. The van der Waals surface area contributed by atoms with Gasteiger partial charge in [0.05, 0.1) is 90.5 Å². The molecule has 724 valence electrons. The molecule has 2 unspecified atom stereocenters. The first kappa shape index (κ1) is 98.0. The van der Waals surface area contributed by atoms with Crippen LogP contribution in [0.1, 0.15) is 164 Å². The van der Waals surface area contributed by atoms with Gasteiger partial charge in [0.1, 0.15) is 34.5 Å². The first-order chi connectivity index (χ1) is 63.6. The first-order valence-electron chi connectivity index (χ1n) is 47.8. The number of rotatable bonds is 25. The highest BCUT2D eigenvalue weighted by molar-refractivity contribution is 7.54. The highest BCUT2D eigenvalue weighted by Crippen LogP contribution is 2.71. The van der Waals surface area contributed by atoms with E-state index in [-0.39, 0.29) is 49.8 Å². The van der Waals surface area contributed by atoms with Crippen LogP contribution >= 0.6 is 15.2 Å². The summed E-state index contributed by atoms with van der Waals surface area (Å²) in [5.74, 6) is -2.18. The molecule has 2 amide bonds. The molecule has 2 saturated carbocycles. The number of ether oxygens (including phenoxy) is 4. The molecule has 4 saturated heterocycles. The fraction of sp³-hybridized carbons (Fsp3) is 0.633. The number of nitrogens with zero attached hydrogens (tertiary/aromatic N) is 9. The largest absolute Gasteiger partial charge is 0.496 e. The summed E-state index contributed by atoms with van der Waals surface area (Å²) in [6.45, 7) is 22.7. The summed E-state index contributed by atoms with van der Waals surface area (Å²) in [5.41, 5.74) is 10.6. The fourth-order valence-electron chi connectivity index (χ4n) is 27.9. The number of carbonyl (C=O) groups excluding carboxylic acids is 4. The van der Waals surface area contributed by atoms with Gasteiger partial charge in [-0.15, -0.1) is 0 Å². The van der Waals surface area contributed by atoms with Crippen molar-refractivity contribution in [1.29, 1.82) is 0 Å². The summed E-state index contributed by atoms with van der Waals surface area (Å²) in [4.78, 5) is 83.2. The molecule has 2 spiro atoms. The number of benzene rings is 4. The molecule has 4 bridgehead atoms. The Morgan fingerprint density at radius 2 is 0.970 bits per heavy atom. The maximum Gasteiger partial charge on any atom is 0.332 e. The lowest BCUT2D eigenvalue weighted by atomic mass is 9.47. The van der Waals surface area contributed by atoms with Crippen molar-refractivity contribution in [3.8, 4) is 11.5 Å². The number of nitrogens with one attached hydrogen (secondary N) is 3. The topological polar surface area (TPSA) is 435 Å². The van der Waals surface area contributed by atoms with E-state index in [1.54, 1.807) is 49.0 Å². The van der Waals surface area contributed by atoms with Crippen LogP contribution in [-0.2, 0) is 90.4 Å². The van der Waals surface area contributed by atoms with Crippen LogP contribution in [0.25, 0.3) is 32.2 Å². The number of nitrogens with two attached hydrogens (primary N) is 1. The van der Waals surface area contributed by atoms with Crippen LogP contribution in [0.5, 0.6) is 11.5 Å². The molecule has 6 aromatic rings. The van der Waals surface area contributed by atoms with Gasteiger partial charge >= 0.3 is 27.1 Å². The molecule has 33 nitrogen and oxygen atoms in total. The van der Waals surface area contributed by atoms with Crippen molar-refractivity contribution >= 4 is 72.1 Å². The zero-order valence-electron chi connectivity index (χ0n) is 79.5. The Balaban J connectivity index is 0.000000175. The second-order valence-corrected chi connectivity index (χ2v) is 43.5. The lowest BCUT2D eigenvalue weighted by Gasteiger charge is -2.63. The third kappa shape index (κ3) is 15.0. The molecule has 2 aliphatic carbocycles. The zero-order valence-corrected chi connectivity index (χ0v) is 81.3. The Bertz CT molecular complexity index is 5620. The second kappa shape index (κ2) is 37.0. The molecular formula is C98H137N13O20P2. The van der Waals surface area contributed by atoms with Gasteiger partial charge in [-0.25, -0.2) is 0 Å². The third-order valence-electron chi connectivity index (χ3n) is 32.9. The van der Waals surface area contributed by atoms with Crippen molar-refractivity contribution < 1.29 is 96.0 Å². The Kier molecular flexibility index (Phi) is 27.2. The zero-order chi connectivity index (χ0) is 95.3. The van der Waals surface area contributed by atoms with Crippen molar-refractivity contribution in [2.24, 2.45) is 33.5 Å². The van der Waals surface area contributed by atoms with Crippen LogP contribution in [0, 0.1) is 22.7 Å². The Hall–Kier alpha value is -8.11. The number of aromatic nitrogens is 2. The number of H-pyrrole nitrogens is 2. The highest BCUT2D eigenvalue weighted by atomic mass is 31.2. The van der Waals surface area contributed by atoms with Crippen molar-refractivity contribution in [3.63, 3.8) is 0 Å². The van der Waals surface area contributed by atoms with Gasteiger partial charge in [-0.2, -0.15) is 0 Å². The van der Waals surface area contributed by atoms with Crippen LogP contribution in [0.3, 0.4) is 0 Å². The summed E-state index contributed by atoms with van der Waals surface area (Å²) >= 11 is 0. The molecule has 6 fully saturated rings. The molecule has 2 aromatic heterocycles. The summed E-state index contributed by atoms with van der Waals surface area (Å²) in [5, 5.41) is 84.0. The van der Waals surface area contributed by atoms with E-state index in [2.05, 4.69) is 69.2 Å². The standard InChI is InChI=1S/C49H68N5O10P.C43H53N7O7.C6H16NO3P/c1-8-45(58)27-31-28-48(44(57)62-7,39-33(17-22-53(29-31)30-45)32-15-12-13-16-36(32)51-39)35-25-34-37(26-38(35)61-6)52(5)41-47(34)19-23-54-21-14-18-46(9-2,40(47)54)42(55)49(41,59)43(56)50-20-24-65(60,63-10-3)64-11-4;1-6-39(54)21-25-22-42(38(53)57-5,33-27(13-17-49(23-25)24-39)26-11-8-9-12-30(26)45-33)29-19-28-31(20-32(29)56-4)48(3)35-41(28)15-18-50-16-10-14-40(7-2,34(41)50)36(51)43(35,55)37(52)46-47-44;1-3-9-11(8,6-5-7)10-4-2/h12-16,18,25-26,31,40-42,51,55,58-59H,8-11,17,19-24,27-30H2,1-7H3,(H,50,56);8-12,14,19-20,25,34-36,45,51,54-55H,6-7,13,15-18,21-24H2,1-5H3;3-7H2,1-2H3/t31-,40-,41+,42+,45-,46+,47+,48-,49-;25-,34-,35+,36+,39-,40+,41+,42-,43-;/m00./s1. The van der Waals surface area contributed by atoms with E-state index < -0.39 is 118 Å². The van der Waals surface area contributed by atoms with E-state index in [1.165, 1.54) is 14.2 Å². The van der Waals surface area contributed by atoms with Gasteiger partial charge in [0.25, 0.3) is 11.8 Å². The number of piperidine rings is 2. The van der Waals surface area contributed by atoms with Crippen molar-refractivity contribution in [2.75, 3.05) is 170 Å². The van der Waals surface area contributed by atoms with Gasteiger partial charge in [0.2, 0.25) is 0 Å². The smallest absolute Gasteiger partial charge is 0.332 e. The molecule has 12 heterocycles. The fourth-order valence-corrected chi connectivity index (χ4v) is 30.8. The minimum absolute atomic E-state index is 0.110. The molecular weight excluding hydrogens is 1740 g/mol. The number of hydrogen-bond donors (Lipinski definition) is 10. The quantitative estimate of drug-likeness (QED) is 0.00636. The van der Waals surface area contributed by atoms with E-state index in [4.69, 9.17) is 42.8 Å². The average molecular weight is 1880 g/mol. The maximum atomic E-state index is 15.4. The molecule has 133 heavy (non-hydrogen) atoms. The third-order valence-corrected chi connectivity index (χ3v) is 37.1. The number of esters is 2. The van der Waals surface area contributed by atoms with Crippen LogP contribution < -0.4 is 30.3 Å². The van der Waals surface area contributed by atoms with Crippen molar-refractivity contribution in [1.82, 2.24) is 34.9 Å². The van der Waals surface area contributed by atoms with Crippen LogP contribution in [0.4, 0.5) is 11.4 Å². The van der Waals surface area contributed by atoms with E-state index in [0.717, 1.165) is 61.1 Å². The first-order valence-corrected chi connectivity index (χ1v) is 51.2. The molecule has 12 aliphatic rings. The molecule has 11 N–H and O–H groups in total. The Labute approximate surface area is 778 Å². The summed E-state index contributed by atoms with van der Waals surface area (Å²) < 4.78 is 70.5. The SMILES string of the molecule is CCOP(=O)(CCN)OCC.CCOP(=O)(CCNC(=O)[C@@]1(O)[C@H](O)[C@]2(CC)C=CCN3CC[C@@]4(c5cc([C@@]6(C(=O)OC)C[C@H]7CN(CCc8c6[nH]c6ccccc86)C[C@](O)(CC)C7)c(OC)cc5N(C)[C@@H]14)[C@@H]32)OCC.CC[C@]1(O)C[C@@H]2CN(CCc3c([nH]c4ccccc34)[C@@](C(=O)OC)(c3cc4c(cc3OC)N(C)[C@H]3[C@@](O)(C(=O)N=[N+]=[N-])[C@H](O)[C@]5(CC)C=CCN6CC[C@]43[C@@H]65)C2)C1. The van der Waals surface area contributed by atoms with Gasteiger partial charge in [-0.05, 0) is 187 Å². The van der Waals surface area contributed by atoms with Gasteiger partial charge < -0.3 is 98.5 Å². The minimum Gasteiger partial charge on any atom is -0.496 e. The Morgan fingerprint density at radius 3 is 1.36 bits per heavy atom. The van der Waals surface area contributed by atoms with Gasteiger partial charge in [-0.1, -0.05) is 88.4 Å². The number of anilines is 2. The van der Waals surface area contributed by atoms with Crippen LogP contribution in [-0.4, -0.2) is 303 Å².